The molecule has 0 aliphatic rings. The van der Waals surface area contributed by atoms with Crippen LogP contribution < -0.4 is 10.9 Å². The monoisotopic (exact) mass is 273 g/mol. The molecule has 0 radical (unpaired) electrons. The van der Waals surface area contributed by atoms with Crippen LogP contribution in [-0.2, 0) is 11.8 Å². The van der Waals surface area contributed by atoms with E-state index in [2.05, 4.69) is 10.9 Å². The maximum absolute atomic E-state index is 12.1. The van der Waals surface area contributed by atoms with E-state index in [9.17, 15) is 9.59 Å². The third kappa shape index (κ3) is 2.66. The molecule has 5 nitrogen and oxygen atoms in total. The number of hydrazine groups is 1. The maximum atomic E-state index is 12.1. The van der Waals surface area contributed by atoms with E-state index in [-0.39, 0.29) is 17.7 Å². The fourth-order valence-electron chi connectivity index (χ4n) is 2.02. The lowest BCUT2D eigenvalue weighted by Crippen LogP contribution is -2.43. The smallest absolute Gasteiger partial charge is 0.271 e. The molecule has 2 N–H and O–H groups in total. The van der Waals surface area contributed by atoms with Crippen molar-refractivity contribution in [2.24, 2.45) is 13.0 Å². The lowest BCUT2D eigenvalue weighted by Gasteiger charge is -2.10. The van der Waals surface area contributed by atoms with E-state index in [1.807, 2.05) is 49.7 Å². The van der Waals surface area contributed by atoms with E-state index in [0.717, 1.165) is 17.3 Å². The fraction of sp³-hybridized carbons (Fsp3) is 0.333. The molecule has 0 saturated heterocycles. The summed E-state index contributed by atoms with van der Waals surface area (Å²) in [6.07, 6.45) is 2.49. The van der Waals surface area contributed by atoms with Crippen molar-refractivity contribution in [3.05, 3.63) is 36.0 Å². The molecule has 0 bridgehead atoms. The Kier molecular flexibility index (Phi) is 4.08. The Morgan fingerprint density at radius 2 is 1.95 bits per heavy atom. The van der Waals surface area contributed by atoms with Crippen LogP contribution in [0.4, 0.5) is 0 Å². The van der Waals surface area contributed by atoms with Crippen molar-refractivity contribution in [2.45, 2.75) is 20.3 Å². The van der Waals surface area contributed by atoms with Crippen LogP contribution in [-0.4, -0.2) is 16.4 Å². The number of hydrogen-bond acceptors (Lipinski definition) is 2. The molecule has 1 aromatic carbocycles. The summed E-state index contributed by atoms with van der Waals surface area (Å²) in [6, 6.07) is 7.65. The molecule has 2 amide bonds. The lowest BCUT2D eigenvalue weighted by molar-refractivity contribution is -0.125. The molecule has 106 valence electrons. The van der Waals surface area contributed by atoms with Gasteiger partial charge >= 0.3 is 0 Å². The zero-order chi connectivity index (χ0) is 14.7. The molecule has 2 rings (SSSR count). The second kappa shape index (κ2) is 5.77. The normalized spacial score (nSPS) is 12.2. The molecule has 20 heavy (non-hydrogen) atoms. The Balaban J connectivity index is 2.14. The molecule has 0 aliphatic carbocycles. The van der Waals surface area contributed by atoms with Crippen LogP contribution in [0.2, 0.25) is 0 Å². The summed E-state index contributed by atoms with van der Waals surface area (Å²) in [7, 11) is 1.89. The number of carbonyl (C=O) groups is 2. The van der Waals surface area contributed by atoms with Gasteiger partial charge in [-0.2, -0.15) is 0 Å². The molecule has 1 atom stereocenters. The van der Waals surface area contributed by atoms with Gasteiger partial charge in [-0.15, -0.1) is 0 Å². The van der Waals surface area contributed by atoms with Crippen molar-refractivity contribution in [1.29, 1.82) is 0 Å². The van der Waals surface area contributed by atoms with Crippen molar-refractivity contribution in [2.75, 3.05) is 0 Å². The summed E-state index contributed by atoms with van der Waals surface area (Å²) in [4.78, 5) is 23.8. The Morgan fingerprint density at radius 1 is 1.25 bits per heavy atom. The van der Waals surface area contributed by atoms with Crippen molar-refractivity contribution in [1.82, 2.24) is 15.4 Å². The number of nitrogens with zero attached hydrogens (tertiary/aromatic N) is 1. The number of rotatable bonds is 3. The molecule has 1 unspecified atom stereocenters. The number of aryl methyl sites for hydroxylation is 1. The Labute approximate surface area is 117 Å². The highest BCUT2D eigenvalue weighted by Gasteiger charge is 2.15. The zero-order valence-corrected chi connectivity index (χ0v) is 11.9. The number of carbonyl (C=O) groups excluding carboxylic acids is 2. The fourth-order valence-corrected chi connectivity index (χ4v) is 2.02. The second-order valence-corrected chi connectivity index (χ2v) is 4.92. The SMILES string of the molecule is CCC(C)C(=O)NNC(=O)c1cn(C)c2ccccc12. The summed E-state index contributed by atoms with van der Waals surface area (Å²) in [5.41, 5.74) is 6.45. The van der Waals surface area contributed by atoms with E-state index in [4.69, 9.17) is 0 Å². The number of fused-ring (bicyclic) bond motifs is 1. The second-order valence-electron chi connectivity index (χ2n) is 4.92. The lowest BCUT2D eigenvalue weighted by atomic mass is 10.1. The number of amides is 2. The van der Waals surface area contributed by atoms with Gasteiger partial charge in [-0.1, -0.05) is 32.0 Å². The highest BCUT2D eigenvalue weighted by atomic mass is 16.2. The molecule has 0 spiro atoms. The first-order valence-electron chi connectivity index (χ1n) is 6.68. The van der Waals surface area contributed by atoms with E-state index in [1.54, 1.807) is 6.20 Å². The topological polar surface area (TPSA) is 63.1 Å². The van der Waals surface area contributed by atoms with Gasteiger partial charge in [0, 0.05) is 30.1 Å². The minimum Gasteiger partial charge on any atom is -0.350 e. The molecule has 5 heteroatoms. The number of nitrogens with one attached hydrogen (secondary N) is 2. The van der Waals surface area contributed by atoms with Crippen molar-refractivity contribution >= 4 is 22.7 Å². The van der Waals surface area contributed by atoms with E-state index >= 15 is 0 Å². The van der Waals surface area contributed by atoms with Gasteiger partial charge in [0.05, 0.1) is 5.56 Å². The van der Waals surface area contributed by atoms with Gasteiger partial charge < -0.3 is 4.57 Å². The first-order valence-corrected chi connectivity index (χ1v) is 6.68. The summed E-state index contributed by atoms with van der Waals surface area (Å²) in [6.45, 7) is 3.75. The standard InChI is InChI=1S/C15H19N3O2/c1-4-10(2)14(19)16-17-15(20)12-9-18(3)13-8-6-5-7-11(12)13/h5-10H,4H2,1-3H3,(H,16,19)(H,17,20). The van der Waals surface area contributed by atoms with Gasteiger partial charge in [0.25, 0.3) is 5.91 Å². The van der Waals surface area contributed by atoms with Gasteiger partial charge in [0.2, 0.25) is 5.91 Å². The van der Waals surface area contributed by atoms with Crippen LogP contribution in [0, 0.1) is 5.92 Å². The van der Waals surface area contributed by atoms with Gasteiger partial charge in [0.1, 0.15) is 0 Å². The van der Waals surface area contributed by atoms with Crippen molar-refractivity contribution in [3.63, 3.8) is 0 Å². The maximum Gasteiger partial charge on any atom is 0.271 e. The van der Waals surface area contributed by atoms with Gasteiger partial charge in [-0.3, -0.25) is 20.4 Å². The minimum absolute atomic E-state index is 0.122. The highest BCUT2D eigenvalue weighted by molar-refractivity contribution is 6.07. The van der Waals surface area contributed by atoms with Crippen LogP contribution in [0.15, 0.2) is 30.5 Å². The van der Waals surface area contributed by atoms with Crippen molar-refractivity contribution in [3.8, 4) is 0 Å². The molecule has 2 aromatic rings. The molecular weight excluding hydrogens is 254 g/mol. The van der Waals surface area contributed by atoms with E-state index in [0.29, 0.717) is 5.56 Å². The van der Waals surface area contributed by atoms with Crippen molar-refractivity contribution < 1.29 is 9.59 Å². The number of benzene rings is 1. The van der Waals surface area contributed by atoms with Gasteiger partial charge in [-0.25, -0.2) is 0 Å². The van der Waals surface area contributed by atoms with Gasteiger partial charge in [0.15, 0.2) is 0 Å². The molecule has 0 aliphatic heterocycles. The van der Waals surface area contributed by atoms with Crippen LogP contribution >= 0.6 is 0 Å². The van der Waals surface area contributed by atoms with E-state index in [1.165, 1.54) is 0 Å². The average Bonchev–Trinajstić information content (AvgIpc) is 2.81. The molecule has 1 heterocycles. The number of aromatic nitrogens is 1. The Hall–Kier alpha value is -2.30. The van der Waals surface area contributed by atoms with Crippen LogP contribution in [0.1, 0.15) is 30.6 Å². The summed E-state index contributed by atoms with van der Waals surface area (Å²) < 4.78 is 1.89. The third-order valence-electron chi connectivity index (χ3n) is 3.50. The highest BCUT2D eigenvalue weighted by Crippen LogP contribution is 2.19. The molecule has 0 fully saturated rings. The number of hydrogen-bond donors (Lipinski definition) is 2. The summed E-state index contributed by atoms with van der Waals surface area (Å²) >= 11 is 0. The quantitative estimate of drug-likeness (QED) is 0.840. The third-order valence-corrected chi connectivity index (χ3v) is 3.50. The molecular formula is C15H19N3O2. The molecule has 0 saturated carbocycles. The summed E-state index contributed by atoms with van der Waals surface area (Å²) in [5, 5.41) is 0.866. The minimum atomic E-state index is -0.307. The Morgan fingerprint density at radius 3 is 2.65 bits per heavy atom. The van der Waals surface area contributed by atoms with Crippen LogP contribution in [0.5, 0.6) is 0 Å². The van der Waals surface area contributed by atoms with Crippen LogP contribution in [0.25, 0.3) is 10.9 Å². The first kappa shape index (κ1) is 14.1. The van der Waals surface area contributed by atoms with Gasteiger partial charge in [-0.05, 0) is 12.5 Å². The summed E-state index contributed by atoms with van der Waals surface area (Å²) in [5.74, 6) is -0.609. The largest absolute Gasteiger partial charge is 0.350 e. The zero-order valence-electron chi connectivity index (χ0n) is 11.9. The predicted molar refractivity (Wildman–Crippen MR) is 78.0 cm³/mol. The average molecular weight is 273 g/mol. The predicted octanol–water partition coefficient (Wildman–Crippen LogP) is 1.99. The Bertz CT molecular complexity index is 646. The molecule has 1 aromatic heterocycles. The number of para-hydroxylation sites is 1. The van der Waals surface area contributed by atoms with Crippen LogP contribution in [0.3, 0.4) is 0 Å². The van der Waals surface area contributed by atoms with E-state index < -0.39 is 0 Å². The first-order chi connectivity index (χ1) is 9.54.